The van der Waals surface area contributed by atoms with E-state index in [1.54, 1.807) is 0 Å². The molecule has 0 aromatic rings. The minimum Gasteiger partial charge on any atom is -0.461 e. The molecule has 0 saturated heterocycles. The topological polar surface area (TPSA) is 104 Å². The molecule has 4 aliphatic rings. The van der Waals surface area contributed by atoms with Gasteiger partial charge in [-0.2, -0.15) is 0 Å². The summed E-state index contributed by atoms with van der Waals surface area (Å²) in [7, 11) is 0. The highest BCUT2D eigenvalue weighted by Gasteiger charge is 2.76. The molecule has 6 heteroatoms. The molecule has 4 rings (SSSR count). The Morgan fingerprint density at radius 1 is 1.21 bits per heavy atom. The monoisotopic (exact) mass is 392 g/mol. The van der Waals surface area contributed by atoms with Crippen molar-refractivity contribution in [3.8, 4) is 0 Å². The summed E-state index contributed by atoms with van der Waals surface area (Å²) < 4.78 is 5.63. The predicted octanol–water partition coefficient (Wildman–Crippen LogP) is 1.61. The molecule has 1 spiro atoms. The third-order valence-corrected chi connectivity index (χ3v) is 8.91. The smallest absolute Gasteiger partial charge is 0.302 e. The summed E-state index contributed by atoms with van der Waals surface area (Å²) in [5.74, 6) is -1.74. The van der Waals surface area contributed by atoms with Crippen LogP contribution in [0, 0.1) is 34.0 Å². The zero-order valence-corrected chi connectivity index (χ0v) is 17.0. The SMILES string of the molecule is C=C1C(=O)[C@]23C(OC(C)=O)[C@H]1[C@@H](O)C[C@H]2[C@]1(C)CCC[C@](C)(CO)[C@H]1C[C@H]3O. The van der Waals surface area contributed by atoms with Gasteiger partial charge in [0, 0.05) is 13.5 Å². The summed E-state index contributed by atoms with van der Waals surface area (Å²) in [4.78, 5) is 25.4. The zero-order valence-electron chi connectivity index (χ0n) is 17.0. The van der Waals surface area contributed by atoms with Crippen LogP contribution in [0.5, 0.6) is 0 Å². The van der Waals surface area contributed by atoms with Gasteiger partial charge >= 0.3 is 5.97 Å². The van der Waals surface area contributed by atoms with E-state index in [-0.39, 0.29) is 40.6 Å². The number of esters is 1. The maximum Gasteiger partial charge on any atom is 0.302 e. The van der Waals surface area contributed by atoms with Crippen molar-refractivity contribution in [2.75, 3.05) is 6.61 Å². The Kier molecular flexibility index (Phi) is 4.39. The highest BCUT2D eigenvalue weighted by Crippen LogP contribution is 2.71. The number of aliphatic hydroxyl groups is 3. The first kappa shape index (κ1) is 20.0. The minimum absolute atomic E-state index is 0.0211. The Morgan fingerprint density at radius 2 is 1.89 bits per heavy atom. The first-order valence-electron chi connectivity index (χ1n) is 10.4. The summed E-state index contributed by atoms with van der Waals surface area (Å²) in [5.41, 5.74) is -1.67. The van der Waals surface area contributed by atoms with E-state index in [0.717, 1.165) is 19.3 Å². The second-order valence-electron chi connectivity index (χ2n) is 10.2. The average Bonchev–Trinajstić information content (AvgIpc) is 2.77. The van der Waals surface area contributed by atoms with E-state index in [9.17, 15) is 24.9 Å². The Labute approximate surface area is 166 Å². The Morgan fingerprint density at radius 3 is 2.50 bits per heavy atom. The van der Waals surface area contributed by atoms with Gasteiger partial charge in [-0.1, -0.05) is 26.8 Å². The van der Waals surface area contributed by atoms with Gasteiger partial charge in [0.05, 0.1) is 18.1 Å². The number of rotatable bonds is 2. The Hall–Kier alpha value is -1.24. The zero-order chi connectivity index (χ0) is 20.6. The van der Waals surface area contributed by atoms with Crippen molar-refractivity contribution in [1.82, 2.24) is 0 Å². The van der Waals surface area contributed by atoms with Crippen LogP contribution in [0.2, 0.25) is 0 Å². The van der Waals surface area contributed by atoms with Gasteiger partial charge in [-0.3, -0.25) is 9.59 Å². The van der Waals surface area contributed by atoms with Gasteiger partial charge in [0.1, 0.15) is 11.5 Å². The number of hydrogen-bond donors (Lipinski definition) is 3. The number of carbonyl (C=O) groups is 2. The number of hydrogen-bond acceptors (Lipinski definition) is 6. The molecule has 6 nitrogen and oxygen atoms in total. The van der Waals surface area contributed by atoms with E-state index in [2.05, 4.69) is 20.4 Å². The Balaban J connectivity index is 1.90. The molecular formula is C22H32O6. The maximum absolute atomic E-state index is 13.5. The fraction of sp³-hybridized carbons (Fsp3) is 0.818. The van der Waals surface area contributed by atoms with Crippen molar-refractivity contribution >= 4 is 11.8 Å². The maximum atomic E-state index is 13.5. The van der Waals surface area contributed by atoms with Crippen LogP contribution in [0.3, 0.4) is 0 Å². The minimum atomic E-state index is -1.24. The summed E-state index contributed by atoms with van der Waals surface area (Å²) in [5, 5.41) is 32.5. The van der Waals surface area contributed by atoms with Crippen LogP contribution < -0.4 is 0 Å². The fourth-order valence-electron chi connectivity index (χ4n) is 7.75. The van der Waals surface area contributed by atoms with Crippen LogP contribution in [0.4, 0.5) is 0 Å². The normalized spacial score (nSPS) is 52.8. The van der Waals surface area contributed by atoms with Crippen molar-refractivity contribution in [3.05, 3.63) is 12.2 Å². The quantitative estimate of drug-likeness (QED) is 0.487. The van der Waals surface area contributed by atoms with Crippen molar-refractivity contribution in [2.24, 2.45) is 34.0 Å². The molecular weight excluding hydrogens is 360 g/mol. The van der Waals surface area contributed by atoms with E-state index in [1.165, 1.54) is 6.92 Å². The number of ketones is 1. The molecule has 4 aliphatic carbocycles. The molecule has 0 radical (unpaired) electrons. The standard InChI is InChI=1S/C22H32O6/c1-11-17-13(25)8-15-21(4)7-5-6-20(3,10-23)14(21)9-16(26)22(15,18(11)27)19(17)28-12(2)24/h13-17,19,23,25-26H,1,5-10H2,2-4H3/t13-,14+,15-,16+,17+,19?,20+,21+,22-/m0/s1. The summed E-state index contributed by atoms with van der Waals surface area (Å²) in [6.45, 7) is 9.44. The number of fused-ring (bicyclic) bond motifs is 3. The molecule has 28 heavy (non-hydrogen) atoms. The molecule has 1 unspecified atom stereocenters. The lowest BCUT2D eigenvalue weighted by molar-refractivity contribution is -0.247. The molecule has 0 aromatic heterocycles. The first-order valence-corrected chi connectivity index (χ1v) is 10.4. The summed E-state index contributed by atoms with van der Waals surface area (Å²) in [6, 6.07) is 0. The fourth-order valence-corrected chi connectivity index (χ4v) is 7.75. The van der Waals surface area contributed by atoms with Crippen molar-refractivity contribution in [1.29, 1.82) is 0 Å². The highest BCUT2D eigenvalue weighted by atomic mass is 16.5. The van der Waals surface area contributed by atoms with Gasteiger partial charge in [-0.15, -0.1) is 0 Å². The van der Waals surface area contributed by atoms with Crippen LogP contribution in [0.15, 0.2) is 12.2 Å². The van der Waals surface area contributed by atoms with Gasteiger partial charge in [-0.25, -0.2) is 0 Å². The molecule has 2 bridgehead atoms. The number of aliphatic hydroxyl groups excluding tert-OH is 3. The van der Waals surface area contributed by atoms with Crippen LogP contribution in [-0.2, 0) is 14.3 Å². The molecule has 4 saturated carbocycles. The summed E-state index contributed by atoms with van der Waals surface area (Å²) in [6.07, 6.45) is 0.680. The van der Waals surface area contributed by atoms with Crippen LogP contribution in [0.25, 0.3) is 0 Å². The molecule has 0 amide bonds. The van der Waals surface area contributed by atoms with E-state index >= 15 is 0 Å². The highest BCUT2D eigenvalue weighted by molar-refractivity contribution is 6.05. The molecule has 9 atom stereocenters. The number of ether oxygens (including phenoxy) is 1. The first-order chi connectivity index (χ1) is 13.0. The van der Waals surface area contributed by atoms with Gasteiger partial charge in [-0.05, 0) is 53.9 Å². The van der Waals surface area contributed by atoms with Crippen molar-refractivity contribution < 1.29 is 29.6 Å². The average molecular weight is 392 g/mol. The summed E-state index contributed by atoms with van der Waals surface area (Å²) >= 11 is 0. The van der Waals surface area contributed by atoms with E-state index in [1.807, 2.05) is 0 Å². The number of carbonyl (C=O) groups excluding carboxylic acids is 2. The third kappa shape index (κ3) is 2.20. The van der Waals surface area contributed by atoms with Gasteiger partial charge in [0.25, 0.3) is 0 Å². The lowest BCUT2D eigenvalue weighted by atomic mass is 9.39. The third-order valence-electron chi connectivity index (χ3n) is 8.91. The van der Waals surface area contributed by atoms with E-state index in [0.29, 0.717) is 12.8 Å². The van der Waals surface area contributed by atoms with Crippen LogP contribution in [-0.4, -0.2) is 52.0 Å². The van der Waals surface area contributed by atoms with E-state index in [4.69, 9.17) is 4.74 Å². The lowest BCUT2D eigenvalue weighted by Gasteiger charge is -2.65. The molecule has 0 aliphatic heterocycles. The van der Waals surface area contributed by atoms with Crippen LogP contribution >= 0.6 is 0 Å². The second kappa shape index (κ2) is 6.13. The van der Waals surface area contributed by atoms with Gasteiger partial charge in [0.15, 0.2) is 5.78 Å². The largest absolute Gasteiger partial charge is 0.461 e. The molecule has 156 valence electrons. The van der Waals surface area contributed by atoms with Crippen molar-refractivity contribution in [3.63, 3.8) is 0 Å². The van der Waals surface area contributed by atoms with Gasteiger partial charge in [0.2, 0.25) is 0 Å². The van der Waals surface area contributed by atoms with Crippen LogP contribution in [0.1, 0.15) is 52.9 Å². The molecule has 4 fully saturated rings. The molecule has 3 N–H and O–H groups in total. The van der Waals surface area contributed by atoms with E-state index < -0.39 is 35.6 Å². The molecule has 0 heterocycles. The second-order valence-corrected chi connectivity index (χ2v) is 10.2. The predicted molar refractivity (Wildman–Crippen MR) is 101 cm³/mol. The van der Waals surface area contributed by atoms with Crippen molar-refractivity contribution in [2.45, 2.75) is 71.2 Å². The lowest BCUT2D eigenvalue weighted by Crippen LogP contribution is -2.69. The molecule has 0 aromatic carbocycles. The van der Waals surface area contributed by atoms with Gasteiger partial charge < -0.3 is 20.1 Å². The number of Topliss-reactive ketones (excluding diaryl/α,β-unsaturated/α-hetero) is 1. The Bertz CT molecular complexity index is 733.